The van der Waals surface area contributed by atoms with Crippen LogP contribution in [0.4, 0.5) is 19.0 Å². The molecule has 0 fully saturated rings. The standard InChI is InChI=1S/C38H37F3N4O2/c1-3-5-23-45(4-2)25-34(27-11-7-6-8-12-27)43-36(46)29-17-21-33-28(24-29)18-22-35(42-33)44-37(47)32-14-10-9-13-31(32)26-15-19-30(20-16-26)38(39,40)41/h6-22,24,34H,3-5,23,25H2,1-2H3,(H,43,46)(H,42,44,47)/t34-/m1/s1. The first-order valence-electron chi connectivity index (χ1n) is 15.7. The number of hydrogen-bond donors (Lipinski definition) is 2. The van der Waals surface area contributed by atoms with E-state index in [0.29, 0.717) is 40.1 Å². The number of carbonyl (C=O) groups excluding carboxylic acids is 2. The summed E-state index contributed by atoms with van der Waals surface area (Å²) in [6, 6.07) is 29.9. The number of halogens is 3. The van der Waals surface area contributed by atoms with Gasteiger partial charge in [0.25, 0.3) is 11.8 Å². The minimum absolute atomic E-state index is 0.183. The summed E-state index contributed by atoms with van der Waals surface area (Å²) in [7, 11) is 0. The van der Waals surface area contributed by atoms with Gasteiger partial charge in [-0.2, -0.15) is 13.2 Å². The van der Waals surface area contributed by atoms with E-state index in [0.717, 1.165) is 49.0 Å². The van der Waals surface area contributed by atoms with Gasteiger partial charge < -0.3 is 15.5 Å². The van der Waals surface area contributed by atoms with E-state index < -0.39 is 17.6 Å². The number of unbranched alkanes of at least 4 members (excludes halogenated alkanes) is 1. The van der Waals surface area contributed by atoms with Crippen LogP contribution in [-0.2, 0) is 6.18 Å². The zero-order valence-corrected chi connectivity index (χ0v) is 26.4. The van der Waals surface area contributed by atoms with Crippen molar-refractivity contribution in [3.8, 4) is 11.1 Å². The lowest BCUT2D eigenvalue weighted by Gasteiger charge is -2.27. The van der Waals surface area contributed by atoms with E-state index in [1.807, 2.05) is 30.3 Å². The number of alkyl halides is 3. The van der Waals surface area contributed by atoms with Crippen LogP contribution in [0.3, 0.4) is 0 Å². The number of benzene rings is 4. The van der Waals surface area contributed by atoms with Gasteiger partial charge in [-0.3, -0.25) is 9.59 Å². The predicted molar refractivity (Wildman–Crippen MR) is 180 cm³/mol. The van der Waals surface area contributed by atoms with Crippen LogP contribution in [0, 0.1) is 0 Å². The zero-order chi connectivity index (χ0) is 33.4. The monoisotopic (exact) mass is 638 g/mol. The molecular formula is C38H37F3N4O2. The first kappa shape index (κ1) is 33.3. The van der Waals surface area contributed by atoms with Crippen molar-refractivity contribution < 1.29 is 22.8 Å². The molecule has 9 heteroatoms. The lowest BCUT2D eigenvalue weighted by atomic mass is 9.98. The van der Waals surface area contributed by atoms with Gasteiger partial charge in [-0.05, 0) is 84.7 Å². The fraction of sp³-hybridized carbons (Fsp3) is 0.237. The number of carbonyl (C=O) groups is 2. The highest BCUT2D eigenvalue weighted by molar-refractivity contribution is 6.08. The van der Waals surface area contributed by atoms with E-state index in [-0.39, 0.29) is 11.9 Å². The Morgan fingerprint density at radius 2 is 1.55 bits per heavy atom. The molecule has 1 atom stereocenters. The molecule has 47 heavy (non-hydrogen) atoms. The molecule has 1 heterocycles. The molecule has 0 saturated heterocycles. The summed E-state index contributed by atoms with van der Waals surface area (Å²) in [6.07, 6.45) is -2.25. The number of nitrogens with zero attached hydrogens (tertiary/aromatic N) is 2. The maximum Gasteiger partial charge on any atom is 0.416 e. The number of rotatable bonds is 12. The molecule has 0 spiro atoms. The van der Waals surface area contributed by atoms with Gasteiger partial charge in [-0.15, -0.1) is 0 Å². The number of nitrogens with one attached hydrogen (secondary N) is 2. The molecule has 0 aliphatic heterocycles. The molecule has 0 saturated carbocycles. The predicted octanol–water partition coefficient (Wildman–Crippen LogP) is 8.77. The van der Waals surface area contributed by atoms with E-state index in [4.69, 9.17) is 0 Å². The first-order valence-corrected chi connectivity index (χ1v) is 15.7. The summed E-state index contributed by atoms with van der Waals surface area (Å²) in [5.41, 5.74) is 2.65. The molecular weight excluding hydrogens is 601 g/mol. The number of hydrogen-bond acceptors (Lipinski definition) is 4. The van der Waals surface area contributed by atoms with E-state index >= 15 is 0 Å². The van der Waals surface area contributed by atoms with Gasteiger partial charge in [0.15, 0.2) is 0 Å². The summed E-state index contributed by atoms with van der Waals surface area (Å²) in [4.78, 5) is 33.7. The highest BCUT2D eigenvalue weighted by Crippen LogP contribution is 2.32. The van der Waals surface area contributed by atoms with Gasteiger partial charge >= 0.3 is 6.18 Å². The minimum atomic E-state index is -4.45. The van der Waals surface area contributed by atoms with E-state index in [1.165, 1.54) is 12.1 Å². The summed E-state index contributed by atoms with van der Waals surface area (Å²) < 4.78 is 39.2. The fourth-order valence-electron chi connectivity index (χ4n) is 5.47. The van der Waals surface area contributed by atoms with Crippen molar-refractivity contribution in [1.82, 2.24) is 15.2 Å². The Hall–Kier alpha value is -5.02. The molecule has 0 unspecified atom stereocenters. The Morgan fingerprint density at radius 3 is 2.26 bits per heavy atom. The van der Waals surface area contributed by atoms with Crippen molar-refractivity contribution in [2.45, 2.75) is 38.9 Å². The van der Waals surface area contributed by atoms with Crippen LogP contribution in [0.2, 0.25) is 0 Å². The molecule has 0 aliphatic carbocycles. The van der Waals surface area contributed by atoms with Crippen LogP contribution in [-0.4, -0.2) is 41.3 Å². The van der Waals surface area contributed by atoms with Crippen molar-refractivity contribution in [3.05, 3.63) is 131 Å². The SMILES string of the molecule is CCCCN(CC)C[C@@H](NC(=O)c1ccc2nc(NC(=O)c3ccccc3-c3ccc(C(F)(F)F)cc3)ccc2c1)c1ccccc1. The molecule has 4 aromatic carbocycles. The van der Waals surface area contributed by atoms with Crippen LogP contribution in [0.1, 0.15) is 64.6 Å². The first-order chi connectivity index (χ1) is 22.7. The number of aromatic nitrogens is 1. The third-order valence-electron chi connectivity index (χ3n) is 8.11. The zero-order valence-electron chi connectivity index (χ0n) is 26.4. The summed E-state index contributed by atoms with van der Waals surface area (Å²) in [6.45, 7) is 6.85. The largest absolute Gasteiger partial charge is 0.416 e. The van der Waals surface area contributed by atoms with Crippen molar-refractivity contribution in [3.63, 3.8) is 0 Å². The summed E-state index contributed by atoms with van der Waals surface area (Å²) in [5, 5.41) is 6.76. The van der Waals surface area contributed by atoms with E-state index in [9.17, 15) is 22.8 Å². The van der Waals surface area contributed by atoms with Crippen molar-refractivity contribution >= 4 is 28.5 Å². The van der Waals surface area contributed by atoms with Crippen LogP contribution >= 0.6 is 0 Å². The molecule has 5 aromatic rings. The minimum Gasteiger partial charge on any atom is -0.344 e. The lowest BCUT2D eigenvalue weighted by molar-refractivity contribution is -0.137. The average Bonchev–Trinajstić information content (AvgIpc) is 3.09. The molecule has 242 valence electrons. The van der Waals surface area contributed by atoms with Gasteiger partial charge in [-0.25, -0.2) is 4.98 Å². The van der Waals surface area contributed by atoms with Crippen LogP contribution in [0.5, 0.6) is 0 Å². The van der Waals surface area contributed by atoms with Crippen molar-refractivity contribution in [2.24, 2.45) is 0 Å². The molecule has 2 N–H and O–H groups in total. The second kappa shape index (κ2) is 15.0. The highest BCUT2D eigenvalue weighted by Gasteiger charge is 2.30. The molecule has 1 aromatic heterocycles. The molecule has 2 amide bonds. The highest BCUT2D eigenvalue weighted by atomic mass is 19.4. The van der Waals surface area contributed by atoms with Crippen molar-refractivity contribution in [1.29, 1.82) is 0 Å². The smallest absolute Gasteiger partial charge is 0.344 e. The van der Waals surface area contributed by atoms with Gasteiger partial charge in [0, 0.05) is 23.1 Å². The molecule has 0 radical (unpaired) electrons. The summed E-state index contributed by atoms with van der Waals surface area (Å²) in [5.74, 6) is -0.335. The molecule has 0 bridgehead atoms. The molecule has 5 rings (SSSR count). The maximum absolute atomic E-state index is 13.5. The van der Waals surface area contributed by atoms with Crippen LogP contribution in [0.15, 0.2) is 109 Å². The Morgan fingerprint density at radius 1 is 0.830 bits per heavy atom. The second-order valence-electron chi connectivity index (χ2n) is 11.4. The number of pyridine rings is 1. The summed E-state index contributed by atoms with van der Waals surface area (Å²) >= 11 is 0. The second-order valence-corrected chi connectivity index (χ2v) is 11.4. The van der Waals surface area contributed by atoms with Gasteiger partial charge in [0.2, 0.25) is 0 Å². The number of likely N-dealkylation sites (N-methyl/N-ethyl adjacent to an activating group) is 1. The third-order valence-corrected chi connectivity index (χ3v) is 8.11. The number of amides is 2. The quantitative estimate of drug-likeness (QED) is 0.143. The van der Waals surface area contributed by atoms with Crippen LogP contribution in [0.25, 0.3) is 22.0 Å². The Kier molecular flexibility index (Phi) is 10.7. The van der Waals surface area contributed by atoms with Gasteiger partial charge in [-0.1, -0.05) is 80.9 Å². The Balaban J connectivity index is 1.31. The fourth-order valence-corrected chi connectivity index (χ4v) is 5.47. The average molecular weight is 639 g/mol. The molecule has 6 nitrogen and oxygen atoms in total. The third kappa shape index (κ3) is 8.42. The number of anilines is 1. The maximum atomic E-state index is 13.5. The Bertz CT molecular complexity index is 1830. The van der Waals surface area contributed by atoms with Crippen LogP contribution < -0.4 is 10.6 Å². The normalized spacial score (nSPS) is 12.2. The van der Waals surface area contributed by atoms with E-state index in [1.54, 1.807) is 54.6 Å². The van der Waals surface area contributed by atoms with E-state index in [2.05, 4.69) is 34.4 Å². The van der Waals surface area contributed by atoms with Crippen molar-refractivity contribution in [2.75, 3.05) is 25.0 Å². The van der Waals surface area contributed by atoms with Gasteiger partial charge in [0.05, 0.1) is 17.1 Å². The topological polar surface area (TPSA) is 74.3 Å². The van der Waals surface area contributed by atoms with Gasteiger partial charge in [0.1, 0.15) is 5.82 Å². The molecule has 0 aliphatic rings. The lowest BCUT2D eigenvalue weighted by Crippen LogP contribution is -2.38. The Labute approximate surface area is 272 Å². The number of fused-ring (bicyclic) bond motifs is 1.